The van der Waals surface area contributed by atoms with Crippen LogP contribution in [0.3, 0.4) is 0 Å². The molecule has 2 aromatic rings. The molecule has 4 heteroatoms. The number of thiophene rings is 1. The second-order valence-electron chi connectivity index (χ2n) is 4.39. The molecule has 0 bridgehead atoms. The number of hydrogen-bond donors (Lipinski definition) is 1. The van der Waals surface area contributed by atoms with Crippen molar-refractivity contribution in [2.24, 2.45) is 0 Å². The van der Waals surface area contributed by atoms with Gasteiger partial charge in [0, 0.05) is 35.4 Å². The molecular formula is C14H18N2OS. The molecule has 0 saturated heterocycles. The molecule has 0 unspecified atom stereocenters. The Balaban J connectivity index is 1.98. The van der Waals surface area contributed by atoms with E-state index in [0.29, 0.717) is 12.6 Å². The lowest BCUT2D eigenvalue weighted by molar-refractivity contribution is 0.305. The van der Waals surface area contributed by atoms with Crippen LogP contribution in [-0.4, -0.2) is 11.0 Å². The molecular weight excluding hydrogens is 244 g/mol. The Morgan fingerprint density at radius 3 is 3.00 bits per heavy atom. The van der Waals surface area contributed by atoms with Crippen LogP contribution in [0.4, 0.5) is 0 Å². The van der Waals surface area contributed by atoms with Gasteiger partial charge in [-0.05, 0) is 17.5 Å². The summed E-state index contributed by atoms with van der Waals surface area (Å²) in [6.45, 7) is 5.66. The van der Waals surface area contributed by atoms with Crippen LogP contribution in [0.25, 0.3) is 0 Å². The molecule has 0 aromatic carbocycles. The minimum absolute atomic E-state index is 0.454. The first kappa shape index (κ1) is 13.1. The van der Waals surface area contributed by atoms with Crippen molar-refractivity contribution in [1.82, 2.24) is 10.3 Å². The molecule has 96 valence electrons. The van der Waals surface area contributed by atoms with E-state index in [1.807, 2.05) is 18.3 Å². The third kappa shape index (κ3) is 3.82. The van der Waals surface area contributed by atoms with E-state index in [9.17, 15) is 0 Å². The minimum atomic E-state index is 0.454. The second kappa shape index (κ2) is 6.52. The molecule has 3 nitrogen and oxygen atoms in total. The number of ether oxygens (including phenoxy) is 1. The maximum absolute atomic E-state index is 5.84. The molecule has 1 N–H and O–H groups in total. The van der Waals surface area contributed by atoms with Gasteiger partial charge in [-0.2, -0.15) is 0 Å². The van der Waals surface area contributed by atoms with Crippen molar-refractivity contribution in [3.63, 3.8) is 0 Å². The van der Waals surface area contributed by atoms with Gasteiger partial charge in [-0.25, -0.2) is 0 Å². The molecule has 0 aliphatic heterocycles. The quantitative estimate of drug-likeness (QED) is 0.868. The first-order chi connectivity index (χ1) is 8.75. The van der Waals surface area contributed by atoms with Gasteiger partial charge >= 0.3 is 0 Å². The van der Waals surface area contributed by atoms with Crippen molar-refractivity contribution in [3.8, 4) is 5.75 Å². The summed E-state index contributed by atoms with van der Waals surface area (Å²) in [5.74, 6) is 0.909. The van der Waals surface area contributed by atoms with Crippen molar-refractivity contribution < 1.29 is 4.74 Å². The van der Waals surface area contributed by atoms with E-state index in [2.05, 4.69) is 35.6 Å². The third-order valence-corrected chi connectivity index (χ3v) is 3.36. The first-order valence-corrected chi connectivity index (χ1v) is 6.95. The maximum atomic E-state index is 5.84. The Kier molecular flexibility index (Phi) is 4.73. The van der Waals surface area contributed by atoms with E-state index in [1.165, 1.54) is 4.88 Å². The van der Waals surface area contributed by atoms with Crippen molar-refractivity contribution in [1.29, 1.82) is 0 Å². The highest BCUT2D eigenvalue weighted by molar-refractivity contribution is 7.09. The standard InChI is InChI=1S/C14H18N2OS/c1-11(2)16-9-12-8-15-6-5-14(12)17-10-13-4-3-7-18-13/h3-8,11,16H,9-10H2,1-2H3. The molecule has 18 heavy (non-hydrogen) atoms. The maximum Gasteiger partial charge on any atom is 0.127 e. The lowest BCUT2D eigenvalue weighted by Crippen LogP contribution is -2.22. The average Bonchev–Trinajstić information content (AvgIpc) is 2.88. The van der Waals surface area contributed by atoms with Gasteiger partial charge in [-0.1, -0.05) is 19.9 Å². The zero-order valence-corrected chi connectivity index (χ0v) is 11.5. The normalized spacial score (nSPS) is 10.8. The van der Waals surface area contributed by atoms with Crippen LogP contribution in [-0.2, 0) is 13.2 Å². The predicted molar refractivity (Wildman–Crippen MR) is 74.9 cm³/mol. The van der Waals surface area contributed by atoms with Gasteiger partial charge in [0.1, 0.15) is 12.4 Å². The highest BCUT2D eigenvalue weighted by atomic mass is 32.1. The summed E-state index contributed by atoms with van der Waals surface area (Å²) < 4.78 is 5.84. The average molecular weight is 262 g/mol. The Morgan fingerprint density at radius 1 is 1.39 bits per heavy atom. The van der Waals surface area contributed by atoms with Gasteiger partial charge in [0.25, 0.3) is 0 Å². The fraction of sp³-hybridized carbons (Fsp3) is 0.357. The summed E-state index contributed by atoms with van der Waals surface area (Å²) in [5, 5.41) is 5.44. The van der Waals surface area contributed by atoms with Gasteiger partial charge in [-0.15, -0.1) is 11.3 Å². The minimum Gasteiger partial charge on any atom is -0.488 e. The van der Waals surface area contributed by atoms with Crippen molar-refractivity contribution in [2.45, 2.75) is 33.0 Å². The number of hydrogen-bond acceptors (Lipinski definition) is 4. The highest BCUT2D eigenvalue weighted by Gasteiger charge is 2.05. The Labute approximate surface area is 112 Å². The van der Waals surface area contributed by atoms with Gasteiger partial charge < -0.3 is 10.1 Å². The Morgan fingerprint density at radius 2 is 2.28 bits per heavy atom. The molecule has 0 spiro atoms. The number of aromatic nitrogens is 1. The molecule has 0 radical (unpaired) electrons. The largest absolute Gasteiger partial charge is 0.488 e. The molecule has 2 rings (SSSR count). The lowest BCUT2D eigenvalue weighted by atomic mass is 10.2. The highest BCUT2D eigenvalue weighted by Crippen LogP contribution is 2.19. The van der Waals surface area contributed by atoms with E-state index in [1.54, 1.807) is 17.5 Å². The molecule has 2 aromatic heterocycles. The summed E-state index contributed by atoms with van der Waals surface area (Å²) in [6.07, 6.45) is 3.63. The van der Waals surface area contributed by atoms with Crippen LogP contribution < -0.4 is 10.1 Å². The Bertz CT molecular complexity index is 468. The zero-order valence-electron chi connectivity index (χ0n) is 10.7. The van der Waals surface area contributed by atoms with E-state index in [0.717, 1.165) is 17.9 Å². The van der Waals surface area contributed by atoms with Crippen LogP contribution in [0.5, 0.6) is 5.75 Å². The number of nitrogens with one attached hydrogen (secondary N) is 1. The molecule has 0 fully saturated rings. The Hall–Kier alpha value is -1.39. The molecule has 2 heterocycles. The first-order valence-electron chi connectivity index (χ1n) is 6.07. The van der Waals surface area contributed by atoms with Crippen molar-refractivity contribution >= 4 is 11.3 Å². The fourth-order valence-electron chi connectivity index (χ4n) is 1.55. The van der Waals surface area contributed by atoms with Gasteiger partial charge in [0.05, 0.1) is 0 Å². The summed E-state index contributed by atoms with van der Waals surface area (Å²) in [5.41, 5.74) is 1.10. The monoisotopic (exact) mass is 262 g/mol. The number of rotatable bonds is 6. The fourth-order valence-corrected chi connectivity index (χ4v) is 2.16. The van der Waals surface area contributed by atoms with Gasteiger partial charge in [0.2, 0.25) is 0 Å². The summed E-state index contributed by atoms with van der Waals surface area (Å²) >= 11 is 1.71. The number of pyridine rings is 1. The van der Waals surface area contributed by atoms with E-state index < -0.39 is 0 Å². The smallest absolute Gasteiger partial charge is 0.127 e. The SMILES string of the molecule is CC(C)NCc1cnccc1OCc1cccs1. The van der Waals surface area contributed by atoms with Crippen molar-refractivity contribution in [3.05, 3.63) is 46.4 Å². The van der Waals surface area contributed by atoms with Crippen LogP contribution in [0.15, 0.2) is 36.0 Å². The topological polar surface area (TPSA) is 34.2 Å². The van der Waals surface area contributed by atoms with E-state index >= 15 is 0 Å². The van der Waals surface area contributed by atoms with Gasteiger partial charge in [-0.3, -0.25) is 4.98 Å². The number of nitrogens with zero attached hydrogens (tertiary/aromatic N) is 1. The van der Waals surface area contributed by atoms with Crippen LogP contribution in [0, 0.1) is 0 Å². The third-order valence-electron chi connectivity index (χ3n) is 2.51. The van der Waals surface area contributed by atoms with Crippen LogP contribution in [0.1, 0.15) is 24.3 Å². The summed E-state index contributed by atoms with van der Waals surface area (Å²) in [4.78, 5) is 5.38. The summed E-state index contributed by atoms with van der Waals surface area (Å²) in [7, 11) is 0. The lowest BCUT2D eigenvalue weighted by Gasteiger charge is -2.12. The summed E-state index contributed by atoms with van der Waals surface area (Å²) in [6, 6.07) is 6.50. The van der Waals surface area contributed by atoms with E-state index in [4.69, 9.17) is 4.74 Å². The molecule has 0 amide bonds. The molecule has 0 aliphatic rings. The predicted octanol–water partition coefficient (Wildman–Crippen LogP) is 3.22. The van der Waals surface area contributed by atoms with Crippen LogP contribution >= 0.6 is 11.3 Å². The van der Waals surface area contributed by atoms with Crippen LogP contribution in [0.2, 0.25) is 0 Å². The second-order valence-corrected chi connectivity index (χ2v) is 5.42. The van der Waals surface area contributed by atoms with Crippen molar-refractivity contribution in [2.75, 3.05) is 0 Å². The van der Waals surface area contributed by atoms with E-state index in [-0.39, 0.29) is 0 Å². The molecule has 0 saturated carbocycles. The zero-order chi connectivity index (χ0) is 12.8. The molecule has 0 atom stereocenters. The van der Waals surface area contributed by atoms with Gasteiger partial charge in [0.15, 0.2) is 0 Å². The molecule has 0 aliphatic carbocycles.